The van der Waals surface area contributed by atoms with Crippen LogP contribution in [0.1, 0.15) is 6.92 Å². The predicted molar refractivity (Wildman–Crippen MR) is 121 cm³/mol. The maximum atomic E-state index is 6.29. The van der Waals surface area contributed by atoms with E-state index in [1.807, 2.05) is 72.0 Å². The lowest BCUT2D eigenvalue weighted by molar-refractivity contribution is 0.478. The first-order valence-electron chi connectivity index (χ1n) is 9.29. The molecule has 0 aliphatic carbocycles. The van der Waals surface area contributed by atoms with Gasteiger partial charge in [0.2, 0.25) is 0 Å². The normalized spacial score (nSPS) is 16.1. The first-order chi connectivity index (χ1) is 14.7. The molecule has 0 bridgehead atoms. The minimum Gasteiger partial charge on any atom is -0.464 e. The number of nitrogens with zero attached hydrogens (tertiary/aromatic N) is 3. The van der Waals surface area contributed by atoms with Gasteiger partial charge < -0.3 is 19.8 Å². The summed E-state index contributed by atoms with van der Waals surface area (Å²) < 4.78 is 11.7. The van der Waals surface area contributed by atoms with Crippen molar-refractivity contribution in [2.75, 3.05) is 4.90 Å². The van der Waals surface area contributed by atoms with Crippen LogP contribution in [0, 0.1) is 0 Å². The number of ether oxygens (including phenoxy) is 1. The number of nitrogens with two attached hydrogens (primary N) is 1. The first-order valence-corrected chi connectivity index (χ1v) is 11.0. The van der Waals surface area contributed by atoms with Gasteiger partial charge in [0.1, 0.15) is 21.9 Å². The van der Waals surface area contributed by atoms with Crippen molar-refractivity contribution in [3.8, 4) is 11.5 Å². The largest absolute Gasteiger partial charge is 0.464 e. The van der Waals surface area contributed by atoms with E-state index in [0.29, 0.717) is 11.6 Å². The van der Waals surface area contributed by atoms with E-state index in [-0.39, 0.29) is 5.50 Å². The van der Waals surface area contributed by atoms with Crippen molar-refractivity contribution in [2.45, 2.75) is 22.3 Å². The summed E-state index contributed by atoms with van der Waals surface area (Å²) in [6, 6.07) is 15.4. The Hall–Kier alpha value is -2.94. The monoisotopic (exact) mass is 434 g/mol. The molecule has 8 heteroatoms. The average molecular weight is 435 g/mol. The Morgan fingerprint density at radius 2 is 2.03 bits per heavy atom. The number of thioether (sulfide) groups is 1. The molecule has 2 N–H and O–H groups in total. The van der Waals surface area contributed by atoms with Gasteiger partial charge in [-0.2, -0.15) is 0 Å². The summed E-state index contributed by atoms with van der Waals surface area (Å²) in [4.78, 5) is 12.1. The minimum atomic E-state index is -0.240. The van der Waals surface area contributed by atoms with Gasteiger partial charge in [-0.25, -0.2) is 9.97 Å². The molecular formula is C22H18N4O2S2. The van der Waals surface area contributed by atoms with Gasteiger partial charge >= 0.3 is 0 Å². The smallest absolute Gasteiger partial charge is 0.178 e. The van der Waals surface area contributed by atoms with Crippen molar-refractivity contribution >= 4 is 40.3 Å². The number of hydrogen-bond donors (Lipinski definition) is 1. The van der Waals surface area contributed by atoms with E-state index in [4.69, 9.17) is 19.9 Å². The number of benzene rings is 1. The number of para-hydroxylation sites is 1. The molecule has 4 heterocycles. The summed E-state index contributed by atoms with van der Waals surface area (Å²) in [6.07, 6.45) is 5.23. The Kier molecular flexibility index (Phi) is 5.12. The third kappa shape index (κ3) is 3.65. The molecule has 0 fully saturated rings. The molecule has 1 atom stereocenters. The highest BCUT2D eigenvalue weighted by molar-refractivity contribution is 8.03. The zero-order valence-electron chi connectivity index (χ0n) is 16.1. The average Bonchev–Trinajstić information content (AvgIpc) is 3.37. The second-order valence-corrected chi connectivity index (χ2v) is 8.67. The van der Waals surface area contributed by atoms with Crippen molar-refractivity contribution in [1.29, 1.82) is 0 Å². The van der Waals surface area contributed by atoms with Crippen LogP contribution in [0.5, 0.6) is 11.5 Å². The standard InChI is InChI=1S/C22H18N4O2S2/c1-14-13-29-22(23)26(14)20-19(28-15-5-3-2-4-6-15)11-16(12-25-20)30-21-17-8-10-27-18(17)7-9-24-21/h2-13,22H,23H2,1H3. The summed E-state index contributed by atoms with van der Waals surface area (Å²) in [6.45, 7) is 2.01. The SMILES string of the molecule is CC1=CSC(N)N1c1ncc(Sc2nccc3occc23)cc1Oc1ccccc1. The highest BCUT2D eigenvalue weighted by atomic mass is 32.2. The van der Waals surface area contributed by atoms with Crippen LogP contribution in [0.25, 0.3) is 11.0 Å². The predicted octanol–water partition coefficient (Wildman–Crippen LogP) is 5.82. The third-order valence-corrected chi connectivity index (χ3v) is 6.52. The minimum absolute atomic E-state index is 0.240. The number of rotatable bonds is 5. The summed E-state index contributed by atoms with van der Waals surface area (Å²) in [5.41, 5.74) is 7.89. The van der Waals surface area contributed by atoms with Crippen LogP contribution >= 0.6 is 23.5 Å². The van der Waals surface area contributed by atoms with Crippen molar-refractivity contribution in [2.24, 2.45) is 5.73 Å². The number of pyridine rings is 2. The quantitative estimate of drug-likeness (QED) is 0.421. The van der Waals surface area contributed by atoms with Gasteiger partial charge in [0.15, 0.2) is 11.6 Å². The van der Waals surface area contributed by atoms with E-state index in [9.17, 15) is 0 Å². The molecule has 30 heavy (non-hydrogen) atoms. The molecule has 150 valence electrons. The van der Waals surface area contributed by atoms with Gasteiger partial charge in [0.05, 0.1) is 11.6 Å². The number of hydrogen-bond acceptors (Lipinski definition) is 8. The summed E-state index contributed by atoms with van der Waals surface area (Å²) in [7, 11) is 0. The molecule has 5 rings (SSSR count). The Morgan fingerprint density at radius 3 is 2.83 bits per heavy atom. The number of anilines is 1. The van der Waals surface area contributed by atoms with Crippen molar-refractivity contribution in [1.82, 2.24) is 9.97 Å². The summed E-state index contributed by atoms with van der Waals surface area (Å²) in [5, 5.41) is 3.85. The second kappa shape index (κ2) is 8.06. The van der Waals surface area contributed by atoms with Gasteiger partial charge in [-0.3, -0.25) is 0 Å². The maximum Gasteiger partial charge on any atom is 0.178 e. The maximum absolute atomic E-state index is 6.29. The zero-order valence-corrected chi connectivity index (χ0v) is 17.7. The fraction of sp³-hybridized carbons (Fsp3) is 0.0909. The third-order valence-electron chi connectivity index (χ3n) is 4.58. The Morgan fingerprint density at radius 1 is 1.17 bits per heavy atom. The van der Waals surface area contributed by atoms with E-state index < -0.39 is 0 Å². The highest BCUT2D eigenvalue weighted by Gasteiger charge is 2.27. The van der Waals surface area contributed by atoms with Gasteiger partial charge in [0.25, 0.3) is 0 Å². The lowest BCUT2D eigenvalue weighted by Crippen LogP contribution is -2.35. The Labute approximate surface area is 182 Å². The topological polar surface area (TPSA) is 77.4 Å². The van der Waals surface area contributed by atoms with E-state index >= 15 is 0 Å². The van der Waals surface area contributed by atoms with E-state index in [2.05, 4.69) is 4.98 Å². The fourth-order valence-electron chi connectivity index (χ4n) is 3.18. The van der Waals surface area contributed by atoms with Gasteiger partial charge in [-0.15, -0.1) is 0 Å². The zero-order chi connectivity index (χ0) is 20.5. The van der Waals surface area contributed by atoms with E-state index in [1.165, 1.54) is 11.8 Å². The van der Waals surface area contributed by atoms with Crippen LogP contribution in [0.15, 0.2) is 92.6 Å². The number of allylic oxidation sites excluding steroid dienone is 1. The molecule has 1 unspecified atom stereocenters. The molecule has 6 nitrogen and oxygen atoms in total. The van der Waals surface area contributed by atoms with Crippen molar-refractivity contribution < 1.29 is 9.15 Å². The lowest BCUT2D eigenvalue weighted by Gasteiger charge is -2.26. The van der Waals surface area contributed by atoms with Crippen LogP contribution in [-0.4, -0.2) is 15.5 Å². The molecule has 0 saturated heterocycles. The molecule has 3 aromatic heterocycles. The molecule has 1 aromatic carbocycles. The Balaban J connectivity index is 1.54. The molecule has 1 aliphatic heterocycles. The Bertz CT molecular complexity index is 1230. The molecule has 1 aliphatic rings. The van der Waals surface area contributed by atoms with Crippen LogP contribution in [0.4, 0.5) is 5.82 Å². The lowest BCUT2D eigenvalue weighted by atomic mass is 10.3. The summed E-state index contributed by atoms with van der Waals surface area (Å²) in [5.74, 6) is 2.06. The van der Waals surface area contributed by atoms with Gasteiger partial charge in [-0.05, 0) is 36.6 Å². The molecular weight excluding hydrogens is 416 g/mol. The molecule has 0 radical (unpaired) electrons. The van der Waals surface area contributed by atoms with Crippen LogP contribution < -0.4 is 15.4 Å². The van der Waals surface area contributed by atoms with Crippen molar-refractivity contribution in [3.05, 3.63) is 78.3 Å². The number of aromatic nitrogens is 2. The van der Waals surface area contributed by atoms with Crippen LogP contribution in [-0.2, 0) is 0 Å². The fourth-order valence-corrected chi connectivity index (χ4v) is 4.91. The number of furan rings is 1. The summed E-state index contributed by atoms with van der Waals surface area (Å²) >= 11 is 3.07. The van der Waals surface area contributed by atoms with Crippen LogP contribution in [0.3, 0.4) is 0 Å². The first kappa shape index (κ1) is 19.0. The van der Waals surface area contributed by atoms with Crippen molar-refractivity contribution in [3.63, 3.8) is 0 Å². The molecule has 0 amide bonds. The number of fused-ring (bicyclic) bond motifs is 1. The van der Waals surface area contributed by atoms with E-state index in [0.717, 1.165) is 32.3 Å². The molecule has 0 spiro atoms. The van der Waals surface area contributed by atoms with E-state index in [1.54, 1.807) is 24.2 Å². The van der Waals surface area contributed by atoms with Gasteiger partial charge in [-0.1, -0.05) is 41.7 Å². The molecule has 0 saturated carbocycles. The molecule has 4 aromatic rings. The van der Waals surface area contributed by atoms with Crippen LogP contribution in [0.2, 0.25) is 0 Å². The van der Waals surface area contributed by atoms with Gasteiger partial charge in [0, 0.05) is 29.1 Å². The highest BCUT2D eigenvalue weighted by Crippen LogP contribution is 2.41. The second-order valence-electron chi connectivity index (χ2n) is 6.61.